The Bertz CT molecular complexity index is 70.6. The third-order valence-electron chi connectivity index (χ3n) is 0. The van der Waals surface area contributed by atoms with Crippen molar-refractivity contribution >= 4 is 11.9 Å². The molecule has 0 radical (unpaired) electrons. The SMILES string of the molecule is CC(=O)O.CC(=O)O.[Pd+2]. The van der Waals surface area contributed by atoms with Crippen molar-refractivity contribution in [2.75, 3.05) is 0 Å². The second kappa shape index (κ2) is 10.6. The van der Waals surface area contributed by atoms with Crippen LogP contribution in [0.4, 0.5) is 0 Å². The molecule has 0 atom stereocenters. The van der Waals surface area contributed by atoms with Gasteiger partial charge in [-0.25, -0.2) is 0 Å². The Morgan fingerprint density at radius 3 is 1.00 bits per heavy atom. The summed E-state index contributed by atoms with van der Waals surface area (Å²) in [4.78, 5) is 18.0. The Hall–Kier alpha value is -0.398. The van der Waals surface area contributed by atoms with Gasteiger partial charge in [0.1, 0.15) is 0 Å². The summed E-state index contributed by atoms with van der Waals surface area (Å²) in [5, 5.41) is 14.8. The smallest absolute Gasteiger partial charge is 0.481 e. The molecule has 0 aromatic carbocycles. The largest absolute Gasteiger partial charge is 2.00 e. The number of hydrogen-bond acceptors (Lipinski definition) is 2. The number of carboxylic acid groups (broad SMARTS) is 2. The van der Waals surface area contributed by atoms with E-state index in [9.17, 15) is 0 Å². The summed E-state index contributed by atoms with van der Waals surface area (Å²) >= 11 is 0. The van der Waals surface area contributed by atoms with Gasteiger partial charge in [-0.1, -0.05) is 0 Å². The number of carboxylic acids is 2. The van der Waals surface area contributed by atoms with Gasteiger partial charge in [0.2, 0.25) is 0 Å². The van der Waals surface area contributed by atoms with E-state index in [4.69, 9.17) is 19.8 Å². The molecule has 0 rings (SSSR count). The standard InChI is InChI=1S/2C2H4O2.Pd/c2*1-2(3)4;/h2*1H3,(H,3,4);/q;;+2. The van der Waals surface area contributed by atoms with Crippen LogP contribution in [0.2, 0.25) is 0 Å². The van der Waals surface area contributed by atoms with Crippen molar-refractivity contribution in [2.45, 2.75) is 13.8 Å². The molecule has 0 unspecified atom stereocenters. The van der Waals surface area contributed by atoms with Crippen molar-refractivity contribution in [2.24, 2.45) is 0 Å². The Morgan fingerprint density at radius 2 is 1.00 bits per heavy atom. The summed E-state index contributed by atoms with van der Waals surface area (Å²) < 4.78 is 0. The zero-order chi connectivity index (χ0) is 7.15. The van der Waals surface area contributed by atoms with E-state index < -0.39 is 11.9 Å². The maximum atomic E-state index is 9.00. The van der Waals surface area contributed by atoms with Gasteiger partial charge in [-0.2, -0.15) is 0 Å². The molecule has 0 aromatic heterocycles. The predicted molar refractivity (Wildman–Crippen MR) is 26.6 cm³/mol. The van der Waals surface area contributed by atoms with E-state index in [1.165, 1.54) is 0 Å². The molecule has 4 nitrogen and oxygen atoms in total. The van der Waals surface area contributed by atoms with Crippen molar-refractivity contribution in [1.82, 2.24) is 0 Å². The van der Waals surface area contributed by atoms with Crippen molar-refractivity contribution in [1.29, 1.82) is 0 Å². The van der Waals surface area contributed by atoms with Crippen LogP contribution in [-0.4, -0.2) is 22.2 Å². The maximum absolute atomic E-state index is 9.00. The first-order valence-corrected chi connectivity index (χ1v) is 1.86. The van der Waals surface area contributed by atoms with E-state index in [2.05, 4.69) is 0 Å². The van der Waals surface area contributed by atoms with Crippen LogP contribution in [0.25, 0.3) is 0 Å². The molecule has 5 heteroatoms. The molecule has 0 aliphatic rings. The number of aliphatic carboxylic acids is 2. The van der Waals surface area contributed by atoms with Crippen LogP contribution >= 0.6 is 0 Å². The molecular formula is C4H8O4Pd+2. The van der Waals surface area contributed by atoms with Gasteiger partial charge >= 0.3 is 20.4 Å². The number of hydrogen-bond donors (Lipinski definition) is 2. The third-order valence-corrected chi connectivity index (χ3v) is 0. The first-order chi connectivity index (χ1) is 3.46. The minimum atomic E-state index is -0.833. The Balaban J connectivity index is -0.0000000720. The van der Waals surface area contributed by atoms with Crippen LogP contribution in [0.5, 0.6) is 0 Å². The maximum Gasteiger partial charge on any atom is 2.00 e. The summed E-state index contributed by atoms with van der Waals surface area (Å²) in [6.07, 6.45) is 0. The summed E-state index contributed by atoms with van der Waals surface area (Å²) in [6.45, 7) is 2.17. The molecule has 0 aliphatic heterocycles. The van der Waals surface area contributed by atoms with Gasteiger partial charge < -0.3 is 10.2 Å². The number of carbonyl (C=O) groups is 2. The molecule has 9 heavy (non-hydrogen) atoms. The van der Waals surface area contributed by atoms with Crippen molar-refractivity contribution in [3.8, 4) is 0 Å². The topological polar surface area (TPSA) is 74.6 Å². The van der Waals surface area contributed by atoms with Crippen molar-refractivity contribution < 1.29 is 40.2 Å². The minimum Gasteiger partial charge on any atom is -0.481 e. The molecule has 2 N–H and O–H groups in total. The Kier molecular flexibility index (Phi) is 18.6. The van der Waals surface area contributed by atoms with Crippen LogP contribution in [0.1, 0.15) is 13.8 Å². The second-order valence-electron chi connectivity index (χ2n) is 1.04. The molecule has 0 aliphatic carbocycles. The van der Waals surface area contributed by atoms with Crippen LogP contribution < -0.4 is 0 Å². The quantitative estimate of drug-likeness (QED) is 0.578. The number of rotatable bonds is 0. The second-order valence-corrected chi connectivity index (χ2v) is 1.04. The fourth-order valence-electron chi connectivity index (χ4n) is 0. The first-order valence-electron chi connectivity index (χ1n) is 1.86. The molecule has 0 spiro atoms. The Morgan fingerprint density at radius 1 is 1.00 bits per heavy atom. The van der Waals surface area contributed by atoms with Gasteiger partial charge in [-0.3, -0.25) is 9.59 Å². The zero-order valence-corrected chi connectivity index (χ0v) is 6.58. The third kappa shape index (κ3) is 1510. The summed E-state index contributed by atoms with van der Waals surface area (Å²) in [5.74, 6) is -1.67. The van der Waals surface area contributed by atoms with Gasteiger partial charge in [0.05, 0.1) is 0 Å². The normalized spacial score (nSPS) is 5.56. The fourth-order valence-corrected chi connectivity index (χ4v) is 0. The van der Waals surface area contributed by atoms with Crippen LogP contribution in [-0.2, 0) is 30.0 Å². The predicted octanol–water partition coefficient (Wildman–Crippen LogP) is 0.179. The van der Waals surface area contributed by atoms with Crippen molar-refractivity contribution in [3.05, 3.63) is 0 Å². The molecule has 0 amide bonds. The molecule has 0 bridgehead atoms. The molecular weight excluding hydrogens is 218 g/mol. The minimum absolute atomic E-state index is 0. The van der Waals surface area contributed by atoms with E-state index >= 15 is 0 Å². The van der Waals surface area contributed by atoms with E-state index in [1.54, 1.807) is 0 Å². The average molecular weight is 227 g/mol. The zero-order valence-electron chi connectivity index (χ0n) is 5.03. The molecule has 0 saturated carbocycles. The van der Waals surface area contributed by atoms with E-state index in [-0.39, 0.29) is 20.4 Å². The van der Waals surface area contributed by atoms with Crippen LogP contribution in [0, 0.1) is 0 Å². The first kappa shape index (κ1) is 15.8. The Labute approximate surface area is 66.5 Å². The van der Waals surface area contributed by atoms with Gasteiger partial charge in [0.25, 0.3) is 11.9 Å². The van der Waals surface area contributed by atoms with Crippen LogP contribution in [0.3, 0.4) is 0 Å². The molecule has 0 fully saturated rings. The van der Waals surface area contributed by atoms with Gasteiger partial charge in [-0.05, 0) is 0 Å². The molecule has 0 aromatic rings. The van der Waals surface area contributed by atoms with E-state index in [1.807, 2.05) is 0 Å². The van der Waals surface area contributed by atoms with Gasteiger partial charge in [-0.15, -0.1) is 0 Å². The van der Waals surface area contributed by atoms with E-state index in [0.717, 1.165) is 13.8 Å². The van der Waals surface area contributed by atoms with Gasteiger partial charge in [0, 0.05) is 13.8 Å². The van der Waals surface area contributed by atoms with Crippen LogP contribution in [0.15, 0.2) is 0 Å². The fraction of sp³-hybridized carbons (Fsp3) is 0.500. The molecule has 0 heterocycles. The summed E-state index contributed by atoms with van der Waals surface area (Å²) in [5.41, 5.74) is 0. The van der Waals surface area contributed by atoms with E-state index in [0.29, 0.717) is 0 Å². The monoisotopic (exact) mass is 226 g/mol. The van der Waals surface area contributed by atoms with Gasteiger partial charge in [0.15, 0.2) is 0 Å². The molecule has 56 valence electrons. The summed E-state index contributed by atoms with van der Waals surface area (Å²) in [7, 11) is 0. The molecule has 0 saturated heterocycles. The summed E-state index contributed by atoms with van der Waals surface area (Å²) in [6, 6.07) is 0. The van der Waals surface area contributed by atoms with Crippen molar-refractivity contribution in [3.63, 3.8) is 0 Å². The average Bonchev–Trinajstić information content (AvgIpc) is 1.25.